The third-order valence-electron chi connectivity index (χ3n) is 4.80. The minimum absolute atomic E-state index is 0.219. The molecule has 0 saturated carbocycles. The number of amides is 1. The first-order valence-electron chi connectivity index (χ1n) is 9.67. The average Bonchev–Trinajstić information content (AvgIpc) is 3.20. The van der Waals surface area contributed by atoms with Gasteiger partial charge in [-0.2, -0.15) is 0 Å². The van der Waals surface area contributed by atoms with Crippen LogP contribution in [0, 0.1) is 0 Å². The lowest BCUT2D eigenvalue weighted by Gasteiger charge is -2.23. The van der Waals surface area contributed by atoms with E-state index in [4.69, 9.17) is 11.6 Å². The third-order valence-corrected chi connectivity index (χ3v) is 8.62. The van der Waals surface area contributed by atoms with E-state index < -0.39 is 10.0 Å². The van der Waals surface area contributed by atoms with Crippen molar-refractivity contribution in [2.45, 2.75) is 11.8 Å². The van der Waals surface area contributed by atoms with Crippen LogP contribution in [-0.2, 0) is 10.0 Å². The quantitative estimate of drug-likeness (QED) is 0.288. The summed E-state index contributed by atoms with van der Waals surface area (Å²) in [6.07, 6.45) is 0. The molecule has 0 unspecified atom stereocenters. The molecule has 3 aromatic carbocycles. The van der Waals surface area contributed by atoms with Crippen LogP contribution in [0.15, 0.2) is 82.2 Å². The molecule has 0 radical (unpaired) electrons. The van der Waals surface area contributed by atoms with Gasteiger partial charge in [-0.15, -0.1) is 11.3 Å². The predicted molar refractivity (Wildman–Crippen MR) is 136 cm³/mol. The highest BCUT2D eigenvalue weighted by Crippen LogP contribution is 2.32. The number of rotatable bonds is 6. The molecule has 0 atom stereocenters. The molecule has 0 saturated heterocycles. The Hall–Kier alpha value is -2.39. The summed E-state index contributed by atoms with van der Waals surface area (Å²) in [6.45, 7) is 2.07. The summed E-state index contributed by atoms with van der Waals surface area (Å²) >= 11 is 10.6. The summed E-state index contributed by atoms with van der Waals surface area (Å²) in [6, 6.07) is 20.6. The van der Waals surface area contributed by atoms with Crippen LogP contribution in [0.4, 0.5) is 11.4 Å². The number of anilines is 2. The second-order valence-corrected chi connectivity index (χ2v) is 11.2. The van der Waals surface area contributed by atoms with Gasteiger partial charge in [0.1, 0.15) is 0 Å². The van der Waals surface area contributed by atoms with E-state index >= 15 is 0 Å². The van der Waals surface area contributed by atoms with E-state index in [1.807, 2.05) is 6.07 Å². The second-order valence-electron chi connectivity index (χ2n) is 6.92. The number of hydrogen-bond acceptors (Lipinski definition) is 4. The van der Waals surface area contributed by atoms with Crippen molar-refractivity contribution in [3.8, 4) is 0 Å². The maximum absolute atomic E-state index is 13.2. The fourth-order valence-electron chi connectivity index (χ4n) is 3.25. The fraction of sp³-hybridized carbons (Fsp3) is 0.0870. The summed E-state index contributed by atoms with van der Waals surface area (Å²) < 4.78 is 29.4. The van der Waals surface area contributed by atoms with Crippen molar-refractivity contribution in [2.24, 2.45) is 0 Å². The summed E-state index contributed by atoms with van der Waals surface area (Å²) in [5.41, 5.74) is 1.20. The number of sulfonamides is 1. The monoisotopic (exact) mass is 548 g/mol. The smallest absolute Gasteiger partial charge is 0.265 e. The van der Waals surface area contributed by atoms with Crippen LogP contribution in [0.1, 0.15) is 16.6 Å². The van der Waals surface area contributed by atoms with Crippen molar-refractivity contribution in [3.63, 3.8) is 0 Å². The van der Waals surface area contributed by atoms with Gasteiger partial charge in [-0.3, -0.25) is 9.10 Å². The Labute approximate surface area is 203 Å². The summed E-state index contributed by atoms with van der Waals surface area (Å²) in [7, 11) is -3.72. The zero-order chi connectivity index (χ0) is 22.9. The Morgan fingerprint density at radius 3 is 2.38 bits per heavy atom. The Bertz CT molecular complexity index is 1390. The van der Waals surface area contributed by atoms with Crippen LogP contribution in [0.5, 0.6) is 0 Å². The average molecular weight is 550 g/mol. The molecule has 0 aliphatic rings. The highest BCUT2D eigenvalue weighted by molar-refractivity contribution is 9.10. The largest absolute Gasteiger partial charge is 0.321 e. The number of nitrogens with zero attached hydrogens (tertiary/aromatic N) is 1. The van der Waals surface area contributed by atoms with Gasteiger partial charge >= 0.3 is 0 Å². The molecule has 1 N–H and O–H groups in total. The van der Waals surface area contributed by atoms with E-state index in [1.54, 1.807) is 73.7 Å². The standard InChI is InChI=1S/C23H18BrClN2O3S2/c1-2-27(32(29,30)20-10-3-16(24)4-11-20)19-9-12-21-15(13-19)14-22(31-21)23(28)26-18-7-5-17(25)6-8-18/h3-14H,2H2,1H3,(H,26,28). The summed E-state index contributed by atoms with van der Waals surface area (Å²) in [5.74, 6) is -0.232. The number of benzene rings is 3. The van der Waals surface area contributed by atoms with Crippen LogP contribution in [-0.4, -0.2) is 20.9 Å². The number of hydrogen-bond donors (Lipinski definition) is 1. The highest BCUT2D eigenvalue weighted by atomic mass is 79.9. The molecule has 0 fully saturated rings. The van der Waals surface area contributed by atoms with Crippen molar-refractivity contribution >= 4 is 76.3 Å². The molecule has 1 aromatic heterocycles. The molecule has 5 nitrogen and oxygen atoms in total. The third kappa shape index (κ3) is 4.68. The maximum Gasteiger partial charge on any atom is 0.265 e. The molecule has 4 rings (SSSR count). The van der Waals surface area contributed by atoms with Gasteiger partial charge in [-0.1, -0.05) is 27.5 Å². The number of fused-ring (bicyclic) bond motifs is 1. The van der Waals surface area contributed by atoms with E-state index in [9.17, 15) is 13.2 Å². The normalized spacial score (nSPS) is 11.5. The van der Waals surface area contributed by atoms with Gasteiger partial charge in [-0.05, 0) is 85.1 Å². The van der Waals surface area contributed by atoms with E-state index in [-0.39, 0.29) is 17.3 Å². The first-order valence-corrected chi connectivity index (χ1v) is 13.1. The molecular formula is C23H18BrClN2O3S2. The van der Waals surface area contributed by atoms with Crippen molar-refractivity contribution in [1.82, 2.24) is 0 Å². The van der Waals surface area contributed by atoms with Gasteiger partial charge in [0, 0.05) is 26.4 Å². The number of thiophene rings is 1. The highest BCUT2D eigenvalue weighted by Gasteiger charge is 2.24. The van der Waals surface area contributed by atoms with E-state index in [0.29, 0.717) is 21.3 Å². The second kappa shape index (κ2) is 9.23. The molecule has 4 aromatic rings. The van der Waals surface area contributed by atoms with Crippen molar-refractivity contribution in [3.05, 3.63) is 87.2 Å². The molecule has 9 heteroatoms. The Morgan fingerprint density at radius 2 is 1.72 bits per heavy atom. The Balaban J connectivity index is 1.63. The van der Waals surface area contributed by atoms with Gasteiger partial charge in [0.15, 0.2) is 0 Å². The van der Waals surface area contributed by atoms with E-state index in [2.05, 4.69) is 21.2 Å². The molecule has 32 heavy (non-hydrogen) atoms. The van der Waals surface area contributed by atoms with E-state index in [0.717, 1.165) is 14.6 Å². The van der Waals surface area contributed by atoms with Crippen LogP contribution in [0.25, 0.3) is 10.1 Å². The number of carbonyl (C=O) groups excluding carboxylic acids is 1. The lowest BCUT2D eigenvalue weighted by atomic mass is 10.2. The first kappa shape index (κ1) is 22.8. The number of halogens is 2. The van der Waals surface area contributed by atoms with E-state index in [1.165, 1.54) is 15.6 Å². The molecule has 0 spiro atoms. The Morgan fingerprint density at radius 1 is 1.03 bits per heavy atom. The molecule has 1 heterocycles. The van der Waals surface area contributed by atoms with Gasteiger partial charge in [0.05, 0.1) is 15.5 Å². The van der Waals surface area contributed by atoms with Crippen molar-refractivity contribution < 1.29 is 13.2 Å². The van der Waals surface area contributed by atoms with Crippen LogP contribution < -0.4 is 9.62 Å². The van der Waals surface area contributed by atoms with Crippen LogP contribution >= 0.6 is 38.9 Å². The topological polar surface area (TPSA) is 66.5 Å². The van der Waals surface area contributed by atoms with Crippen molar-refractivity contribution in [2.75, 3.05) is 16.2 Å². The molecule has 164 valence electrons. The van der Waals surface area contributed by atoms with Gasteiger partial charge in [-0.25, -0.2) is 8.42 Å². The molecule has 0 aliphatic carbocycles. The number of nitrogens with one attached hydrogen (secondary N) is 1. The minimum Gasteiger partial charge on any atom is -0.321 e. The van der Waals surface area contributed by atoms with Crippen LogP contribution in [0.3, 0.4) is 0 Å². The zero-order valence-electron chi connectivity index (χ0n) is 16.9. The number of carbonyl (C=O) groups is 1. The minimum atomic E-state index is -3.72. The lowest BCUT2D eigenvalue weighted by Crippen LogP contribution is -2.30. The van der Waals surface area contributed by atoms with Crippen molar-refractivity contribution in [1.29, 1.82) is 0 Å². The Kier molecular flexibility index (Phi) is 6.57. The van der Waals surface area contributed by atoms with Gasteiger partial charge in [0.25, 0.3) is 15.9 Å². The first-order chi connectivity index (χ1) is 15.3. The maximum atomic E-state index is 13.2. The molecule has 0 bridgehead atoms. The van der Waals surface area contributed by atoms with Gasteiger partial charge in [0.2, 0.25) is 0 Å². The lowest BCUT2D eigenvalue weighted by molar-refractivity contribution is 0.103. The summed E-state index contributed by atoms with van der Waals surface area (Å²) in [5, 5.41) is 4.25. The molecular weight excluding hydrogens is 532 g/mol. The van der Waals surface area contributed by atoms with Gasteiger partial charge < -0.3 is 5.32 Å². The fourth-order valence-corrected chi connectivity index (χ4v) is 6.04. The molecule has 0 aliphatic heterocycles. The van der Waals surface area contributed by atoms with Crippen LogP contribution in [0.2, 0.25) is 5.02 Å². The SMILES string of the molecule is CCN(c1ccc2sc(C(=O)Nc3ccc(Cl)cc3)cc2c1)S(=O)(=O)c1ccc(Br)cc1. The zero-order valence-corrected chi connectivity index (χ0v) is 20.9. The molecule has 1 amide bonds. The summed E-state index contributed by atoms with van der Waals surface area (Å²) in [4.78, 5) is 13.4. The predicted octanol–water partition coefficient (Wildman–Crippen LogP) is 6.78.